The Hall–Kier alpha value is -2.76. The van der Waals surface area contributed by atoms with E-state index in [4.69, 9.17) is 5.73 Å². The average molecular weight is 272 g/mol. The molecule has 0 aliphatic carbocycles. The molecule has 0 saturated heterocycles. The van der Waals surface area contributed by atoms with Crippen molar-refractivity contribution in [2.75, 3.05) is 5.73 Å². The molecule has 6 heteroatoms. The smallest absolute Gasteiger partial charge is 0.160 e. The van der Waals surface area contributed by atoms with Gasteiger partial charge in [-0.15, -0.1) is 0 Å². The molecule has 0 aliphatic heterocycles. The maximum Gasteiger partial charge on any atom is 0.160 e. The summed E-state index contributed by atoms with van der Waals surface area (Å²) in [5, 5.41) is 0. The highest BCUT2D eigenvalue weighted by atomic mass is 19.2. The summed E-state index contributed by atoms with van der Waals surface area (Å²) >= 11 is 0. The predicted octanol–water partition coefficient (Wildman–Crippen LogP) is 2.79. The molecule has 0 amide bonds. The van der Waals surface area contributed by atoms with Crippen LogP contribution in [0.1, 0.15) is 0 Å². The largest absolute Gasteiger partial charge is 0.384 e. The molecule has 1 aromatic carbocycles. The van der Waals surface area contributed by atoms with Gasteiger partial charge in [0.25, 0.3) is 0 Å². The van der Waals surface area contributed by atoms with Gasteiger partial charge in [0.15, 0.2) is 11.6 Å². The number of nitrogens with zero attached hydrogens (tertiary/aromatic N) is 3. The molecule has 4 nitrogen and oxygen atoms in total. The van der Waals surface area contributed by atoms with Crippen molar-refractivity contribution in [2.45, 2.75) is 0 Å². The van der Waals surface area contributed by atoms with Crippen LogP contribution in [0.25, 0.3) is 16.9 Å². The summed E-state index contributed by atoms with van der Waals surface area (Å²) in [7, 11) is 0. The maximum atomic E-state index is 13.3. The molecule has 0 fully saturated rings. The van der Waals surface area contributed by atoms with Crippen LogP contribution in [-0.2, 0) is 0 Å². The van der Waals surface area contributed by atoms with Crippen molar-refractivity contribution >= 4 is 5.82 Å². The van der Waals surface area contributed by atoms with Crippen molar-refractivity contribution in [2.24, 2.45) is 0 Å². The van der Waals surface area contributed by atoms with Crippen molar-refractivity contribution in [3.63, 3.8) is 0 Å². The first kappa shape index (κ1) is 12.3. The van der Waals surface area contributed by atoms with Crippen LogP contribution < -0.4 is 5.73 Å². The van der Waals surface area contributed by atoms with E-state index in [1.807, 2.05) is 0 Å². The summed E-state index contributed by atoms with van der Waals surface area (Å²) in [6, 6.07) is 7.13. The fraction of sp³-hybridized carbons (Fsp3) is 0. The Labute approximate surface area is 113 Å². The second-order valence-corrected chi connectivity index (χ2v) is 4.22. The Morgan fingerprint density at radius 2 is 1.90 bits per heavy atom. The van der Waals surface area contributed by atoms with E-state index in [1.165, 1.54) is 12.4 Å². The van der Waals surface area contributed by atoms with Gasteiger partial charge in [-0.3, -0.25) is 4.57 Å². The van der Waals surface area contributed by atoms with Gasteiger partial charge in [0, 0.05) is 17.8 Å². The minimum atomic E-state index is -0.906. The minimum Gasteiger partial charge on any atom is -0.384 e. The lowest BCUT2D eigenvalue weighted by Gasteiger charge is -2.09. The molecule has 0 saturated carbocycles. The van der Waals surface area contributed by atoms with E-state index in [2.05, 4.69) is 9.97 Å². The Morgan fingerprint density at radius 1 is 1.05 bits per heavy atom. The lowest BCUT2D eigenvalue weighted by atomic mass is 10.2. The third kappa shape index (κ3) is 2.11. The third-order valence-electron chi connectivity index (χ3n) is 2.90. The highest BCUT2D eigenvalue weighted by Gasteiger charge is 2.10. The molecule has 0 radical (unpaired) electrons. The van der Waals surface area contributed by atoms with Crippen LogP contribution in [0.4, 0.5) is 14.6 Å². The van der Waals surface area contributed by atoms with Gasteiger partial charge in [0.2, 0.25) is 0 Å². The molecule has 2 heterocycles. The number of anilines is 1. The molecule has 0 bridgehead atoms. The fourth-order valence-electron chi connectivity index (χ4n) is 1.96. The van der Waals surface area contributed by atoms with Crippen LogP contribution in [0.5, 0.6) is 0 Å². The van der Waals surface area contributed by atoms with E-state index in [1.54, 1.807) is 29.1 Å². The minimum absolute atomic E-state index is 0.375. The van der Waals surface area contributed by atoms with Crippen LogP contribution >= 0.6 is 0 Å². The molecule has 2 N–H and O–H groups in total. The molecule has 3 rings (SSSR count). The van der Waals surface area contributed by atoms with E-state index in [-0.39, 0.29) is 0 Å². The molecule has 100 valence electrons. The van der Waals surface area contributed by atoms with Gasteiger partial charge in [0.1, 0.15) is 5.82 Å². The fourth-order valence-corrected chi connectivity index (χ4v) is 1.96. The van der Waals surface area contributed by atoms with Crippen LogP contribution in [0, 0.1) is 11.6 Å². The van der Waals surface area contributed by atoms with E-state index in [9.17, 15) is 8.78 Å². The van der Waals surface area contributed by atoms with Gasteiger partial charge in [-0.1, -0.05) is 0 Å². The van der Waals surface area contributed by atoms with E-state index in [0.717, 1.165) is 17.7 Å². The zero-order valence-corrected chi connectivity index (χ0v) is 10.3. The highest BCUT2D eigenvalue weighted by Crippen LogP contribution is 2.24. The SMILES string of the molecule is Nc1cc(-c2cncn2-c2ccc(F)c(F)c2)ccn1. The lowest BCUT2D eigenvalue weighted by Crippen LogP contribution is -1.98. The lowest BCUT2D eigenvalue weighted by molar-refractivity contribution is 0.508. The molecule has 0 spiro atoms. The van der Waals surface area contributed by atoms with Crippen molar-refractivity contribution in [3.05, 3.63) is 60.7 Å². The highest BCUT2D eigenvalue weighted by molar-refractivity contribution is 5.64. The van der Waals surface area contributed by atoms with Crippen LogP contribution in [0.2, 0.25) is 0 Å². The standard InChI is InChI=1S/C14H10F2N4/c15-11-2-1-10(6-12(11)16)20-8-18-7-13(20)9-3-4-19-14(17)5-9/h1-8H,(H2,17,19). The Morgan fingerprint density at radius 3 is 2.65 bits per heavy atom. The normalized spacial score (nSPS) is 10.7. The van der Waals surface area contributed by atoms with Crippen molar-refractivity contribution in [1.29, 1.82) is 0 Å². The zero-order chi connectivity index (χ0) is 14.1. The van der Waals surface area contributed by atoms with Crippen molar-refractivity contribution in [3.8, 4) is 16.9 Å². The Balaban J connectivity index is 2.12. The number of benzene rings is 1. The summed E-state index contributed by atoms with van der Waals surface area (Å²) in [6.45, 7) is 0. The summed E-state index contributed by atoms with van der Waals surface area (Å²) < 4.78 is 28.0. The molecular formula is C14H10F2N4. The summed E-state index contributed by atoms with van der Waals surface area (Å²) in [5.41, 5.74) is 7.63. The summed E-state index contributed by atoms with van der Waals surface area (Å²) in [4.78, 5) is 7.96. The average Bonchev–Trinajstić information content (AvgIpc) is 2.91. The molecule has 0 atom stereocenters. The third-order valence-corrected chi connectivity index (χ3v) is 2.90. The van der Waals surface area contributed by atoms with E-state index < -0.39 is 11.6 Å². The quantitative estimate of drug-likeness (QED) is 0.780. The Kier molecular flexibility index (Phi) is 2.90. The van der Waals surface area contributed by atoms with Gasteiger partial charge >= 0.3 is 0 Å². The van der Waals surface area contributed by atoms with Crippen LogP contribution in [0.3, 0.4) is 0 Å². The number of halogens is 2. The topological polar surface area (TPSA) is 56.7 Å². The monoisotopic (exact) mass is 272 g/mol. The van der Waals surface area contributed by atoms with E-state index in [0.29, 0.717) is 17.2 Å². The maximum absolute atomic E-state index is 13.3. The molecule has 0 unspecified atom stereocenters. The van der Waals surface area contributed by atoms with Crippen molar-refractivity contribution < 1.29 is 8.78 Å². The first-order valence-electron chi connectivity index (χ1n) is 5.85. The molecule has 2 aromatic heterocycles. The van der Waals surface area contributed by atoms with Crippen LogP contribution in [-0.4, -0.2) is 14.5 Å². The number of nitrogen functional groups attached to an aromatic ring is 1. The Bertz CT molecular complexity index is 767. The van der Waals surface area contributed by atoms with Gasteiger partial charge < -0.3 is 5.73 Å². The first-order chi connectivity index (χ1) is 9.65. The summed E-state index contributed by atoms with van der Waals surface area (Å²) in [5.74, 6) is -1.42. The summed E-state index contributed by atoms with van der Waals surface area (Å²) in [6.07, 6.45) is 4.72. The number of pyridine rings is 1. The van der Waals surface area contributed by atoms with Gasteiger partial charge in [-0.2, -0.15) is 0 Å². The molecular weight excluding hydrogens is 262 g/mol. The van der Waals surface area contributed by atoms with Gasteiger partial charge in [-0.05, 0) is 24.3 Å². The number of aromatic nitrogens is 3. The molecule has 3 aromatic rings. The predicted molar refractivity (Wildman–Crippen MR) is 71.1 cm³/mol. The molecule has 0 aliphatic rings. The number of hydrogen-bond donors (Lipinski definition) is 1. The number of imidazole rings is 1. The second-order valence-electron chi connectivity index (χ2n) is 4.22. The molecule has 20 heavy (non-hydrogen) atoms. The second kappa shape index (κ2) is 4.73. The van der Waals surface area contributed by atoms with Gasteiger partial charge in [-0.25, -0.2) is 18.7 Å². The zero-order valence-electron chi connectivity index (χ0n) is 10.3. The number of nitrogens with two attached hydrogens (primary N) is 1. The van der Waals surface area contributed by atoms with Gasteiger partial charge in [0.05, 0.1) is 23.9 Å². The van der Waals surface area contributed by atoms with Crippen molar-refractivity contribution in [1.82, 2.24) is 14.5 Å². The number of rotatable bonds is 2. The number of hydrogen-bond acceptors (Lipinski definition) is 3. The first-order valence-corrected chi connectivity index (χ1v) is 5.85. The van der Waals surface area contributed by atoms with E-state index >= 15 is 0 Å². The van der Waals surface area contributed by atoms with Crippen LogP contribution in [0.15, 0.2) is 49.1 Å².